The number of rotatable bonds is 12. The summed E-state index contributed by atoms with van der Waals surface area (Å²) in [7, 11) is 1.82. The van der Waals surface area contributed by atoms with Crippen LogP contribution in [0.4, 0.5) is 15.8 Å². The number of benzene rings is 1. The Hall–Kier alpha value is -4.07. The lowest BCUT2D eigenvalue weighted by Gasteiger charge is -2.29. The van der Waals surface area contributed by atoms with Crippen molar-refractivity contribution in [3.8, 4) is 0 Å². The number of nitrogens with zero attached hydrogens (tertiary/aromatic N) is 4. The minimum atomic E-state index is -0.993. The third-order valence-electron chi connectivity index (χ3n) is 7.26. The average Bonchev–Trinajstić information content (AvgIpc) is 3.59. The molecule has 2 aliphatic heterocycles. The van der Waals surface area contributed by atoms with E-state index in [4.69, 9.17) is 4.74 Å². The van der Waals surface area contributed by atoms with Crippen molar-refractivity contribution in [2.24, 2.45) is 5.92 Å². The van der Waals surface area contributed by atoms with Crippen LogP contribution in [0.2, 0.25) is 0 Å². The molecule has 0 saturated heterocycles. The number of aromatic amines is 1. The van der Waals surface area contributed by atoms with Crippen molar-refractivity contribution in [2.75, 3.05) is 43.3 Å². The highest BCUT2D eigenvalue weighted by molar-refractivity contribution is 6.10. The van der Waals surface area contributed by atoms with Gasteiger partial charge in [0.05, 0.1) is 30.7 Å². The molecule has 13 nitrogen and oxygen atoms in total. The Balaban J connectivity index is 1.54. The Morgan fingerprint density at radius 3 is 2.80 bits per heavy atom. The molecule has 0 fully saturated rings. The highest BCUT2D eigenvalue weighted by Gasteiger charge is 2.45. The van der Waals surface area contributed by atoms with Crippen LogP contribution >= 0.6 is 0 Å². The van der Waals surface area contributed by atoms with E-state index < -0.39 is 42.5 Å². The normalized spacial score (nSPS) is 19.4. The molecule has 3 heterocycles. The van der Waals surface area contributed by atoms with Gasteiger partial charge in [-0.05, 0) is 17.5 Å². The maximum Gasteiger partial charge on any atom is 0.252 e. The van der Waals surface area contributed by atoms with Gasteiger partial charge in [-0.25, -0.2) is 4.39 Å². The first-order valence-corrected chi connectivity index (χ1v) is 13.3. The topological polar surface area (TPSA) is 162 Å². The number of carbonyl (C=O) groups is 4. The minimum Gasteiger partial charge on any atom is -0.370 e. The fourth-order valence-corrected chi connectivity index (χ4v) is 4.99. The number of ether oxygens (including phenoxy) is 1. The van der Waals surface area contributed by atoms with Gasteiger partial charge in [0.1, 0.15) is 37.1 Å². The summed E-state index contributed by atoms with van der Waals surface area (Å²) in [6.45, 7) is 2.67. The van der Waals surface area contributed by atoms with Gasteiger partial charge >= 0.3 is 0 Å². The molecule has 0 bridgehead atoms. The summed E-state index contributed by atoms with van der Waals surface area (Å²) in [6, 6.07) is 2.88. The molecule has 0 spiro atoms. The molecule has 2 aliphatic rings. The van der Waals surface area contributed by atoms with Crippen molar-refractivity contribution in [1.82, 2.24) is 31.4 Å². The lowest BCUT2D eigenvalue weighted by molar-refractivity contribution is -0.134. The molecule has 14 heteroatoms. The van der Waals surface area contributed by atoms with Gasteiger partial charge in [0, 0.05) is 20.0 Å². The van der Waals surface area contributed by atoms with E-state index in [0.29, 0.717) is 24.2 Å². The molecule has 1 unspecified atom stereocenters. The number of carbonyl (C=O) groups excluding carboxylic acids is 4. The standard InChI is InChI=1S/C26H35FN8O5/c1-4-15(2)22(31-21(36)14-40-9-8-27)25(38)30-18-13-34(3)19-7-5-6-16-10-20(35(23(16)19)26(18)39)24(37)28-11-17-12-29-33-32-17/h5-7,12,15,18,20,22H,4,8-11,13-14H2,1-3H3,(H,28,37)(H,30,38)(H,31,36)(H,29,32,33)/t15-,18-,20?,22-/m0/s1. The summed E-state index contributed by atoms with van der Waals surface area (Å²) in [5.41, 5.74) is 2.81. The summed E-state index contributed by atoms with van der Waals surface area (Å²) < 4.78 is 17.3. The van der Waals surface area contributed by atoms with E-state index >= 15 is 0 Å². The molecule has 40 heavy (non-hydrogen) atoms. The molecule has 4 N–H and O–H groups in total. The largest absolute Gasteiger partial charge is 0.370 e. The zero-order chi connectivity index (χ0) is 28.8. The molecule has 0 saturated carbocycles. The van der Waals surface area contributed by atoms with Crippen molar-refractivity contribution in [1.29, 1.82) is 0 Å². The number of alkyl halides is 1. The van der Waals surface area contributed by atoms with Crippen LogP contribution in [0.1, 0.15) is 31.5 Å². The Morgan fingerprint density at radius 2 is 2.10 bits per heavy atom. The van der Waals surface area contributed by atoms with Gasteiger partial charge in [0.25, 0.3) is 5.91 Å². The van der Waals surface area contributed by atoms with Crippen LogP contribution in [-0.4, -0.2) is 90.6 Å². The second-order valence-corrected chi connectivity index (χ2v) is 10.0. The van der Waals surface area contributed by atoms with Crippen molar-refractivity contribution in [3.05, 3.63) is 35.7 Å². The maximum absolute atomic E-state index is 14.0. The fraction of sp³-hybridized carbons (Fsp3) is 0.538. The zero-order valence-corrected chi connectivity index (χ0v) is 22.8. The SMILES string of the molecule is CC[C@H](C)[C@H](NC(=O)COCCF)C(=O)N[C@H]1CN(C)c2cccc3c2N(C1=O)C(C(=O)NCc1cn[nH]n1)C3. The second kappa shape index (κ2) is 12.9. The quantitative estimate of drug-likeness (QED) is 0.261. The van der Waals surface area contributed by atoms with E-state index in [-0.39, 0.29) is 38.1 Å². The van der Waals surface area contributed by atoms with Gasteiger partial charge in [0.2, 0.25) is 17.7 Å². The first-order valence-electron chi connectivity index (χ1n) is 13.3. The summed E-state index contributed by atoms with van der Waals surface area (Å²) in [5.74, 6) is -2.12. The van der Waals surface area contributed by atoms with Crippen LogP contribution < -0.4 is 25.8 Å². The first-order chi connectivity index (χ1) is 19.2. The molecule has 1 aromatic heterocycles. The number of hydrogen-bond acceptors (Lipinski definition) is 8. The van der Waals surface area contributed by atoms with E-state index in [9.17, 15) is 23.6 Å². The molecule has 0 radical (unpaired) electrons. The van der Waals surface area contributed by atoms with E-state index in [1.165, 1.54) is 11.1 Å². The fourth-order valence-electron chi connectivity index (χ4n) is 4.99. The number of likely N-dealkylation sites (N-methyl/N-ethyl adjacent to an activating group) is 1. The number of hydrogen-bond donors (Lipinski definition) is 4. The molecule has 2 aromatic rings. The predicted molar refractivity (Wildman–Crippen MR) is 143 cm³/mol. The number of para-hydroxylation sites is 1. The number of halogens is 1. The van der Waals surface area contributed by atoms with E-state index in [2.05, 4.69) is 31.4 Å². The molecular weight excluding hydrogens is 523 g/mol. The number of nitrogens with one attached hydrogen (secondary N) is 4. The second-order valence-electron chi connectivity index (χ2n) is 10.0. The molecule has 216 valence electrons. The molecule has 4 rings (SSSR count). The average molecular weight is 559 g/mol. The Morgan fingerprint density at radius 1 is 1.30 bits per heavy atom. The first kappa shape index (κ1) is 28.9. The van der Waals surface area contributed by atoms with Crippen LogP contribution in [0.5, 0.6) is 0 Å². The minimum absolute atomic E-state index is 0.141. The third kappa shape index (κ3) is 6.22. The van der Waals surface area contributed by atoms with Gasteiger partial charge < -0.3 is 25.6 Å². The number of anilines is 2. The van der Waals surface area contributed by atoms with Gasteiger partial charge in [-0.15, -0.1) is 0 Å². The van der Waals surface area contributed by atoms with Gasteiger partial charge in [-0.1, -0.05) is 32.4 Å². The Bertz CT molecular complexity index is 1230. The molecule has 0 aliphatic carbocycles. The summed E-state index contributed by atoms with van der Waals surface area (Å²) in [5, 5.41) is 18.5. The zero-order valence-electron chi connectivity index (χ0n) is 22.8. The van der Waals surface area contributed by atoms with Crippen LogP contribution in [0.25, 0.3) is 0 Å². The number of amides is 4. The molecule has 4 atom stereocenters. The van der Waals surface area contributed by atoms with Crippen LogP contribution in [0.3, 0.4) is 0 Å². The lowest BCUT2D eigenvalue weighted by atomic mass is 9.97. The van der Waals surface area contributed by atoms with Crippen LogP contribution in [-0.2, 0) is 36.9 Å². The monoisotopic (exact) mass is 558 g/mol. The number of H-pyrrole nitrogens is 1. The highest BCUT2D eigenvalue weighted by Crippen LogP contribution is 2.42. The van der Waals surface area contributed by atoms with Crippen LogP contribution in [0, 0.1) is 5.92 Å². The highest BCUT2D eigenvalue weighted by atomic mass is 19.1. The van der Waals surface area contributed by atoms with E-state index in [0.717, 1.165) is 11.3 Å². The van der Waals surface area contributed by atoms with Gasteiger partial charge in [-0.3, -0.25) is 24.1 Å². The smallest absolute Gasteiger partial charge is 0.252 e. The third-order valence-corrected chi connectivity index (χ3v) is 7.26. The molecular formula is C26H35FN8O5. The summed E-state index contributed by atoms with van der Waals surface area (Å²) >= 11 is 0. The van der Waals surface area contributed by atoms with Crippen molar-refractivity contribution in [2.45, 2.75) is 51.4 Å². The van der Waals surface area contributed by atoms with Crippen LogP contribution in [0.15, 0.2) is 24.4 Å². The van der Waals surface area contributed by atoms with Crippen molar-refractivity contribution < 1.29 is 28.3 Å². The van der Waals surface area contributed by atoms with Crippen molar-refractivity contribution >= 4 is 35.0 Å². The van der Waals surface area contributed by atoms with Gasteiger partial charge in [-0.2, -0.15) is 15.4 Å². The summed E-state index contributed by atoms with van der Waals surface area (Å²) in [6.07, 6.45) is 2.40. The van der Waals surface area contributed by atoms with Gasteiger partial charge in [0.15, 0.2) is 0 Å². The number of aromatic nitrogens is 3. The molecule has 1 aromatic carbocycles. The predicted octanol–water partition coefficient (Wildman–Crippen LogP) is -0.170. The lowest BCUT2D eigenvalue weighted by Crippen LogP contribution is -2.60. The maximum atomic E-state index is 14.0. The Kier molecular flexibility index (Phi) is 9.30. The van der Waals surface area contributed by atoms with E-state index in [1.807, 2.05) is 44.0 Å². The molecule has 4 amide bonds. The van der Waals surface area contributed by atoms with Crippen molar-refractivity contribution in [3.63, 3.8) is 0 Å². The summed E-state index contributed by atoms with van der Waals surface area (Å²) in [4.78, 5) is 56.5. The Labute approximate surface area is 231 Å². The van der Waals surface area contributed by atoms with E-state index in [1.54, 1.807) is 0 Å².